The van der Waals surface area contributed by atoms with E-state index in [0.29, 0.717) is 11.3 Å². The van der Waals surface area contributed by atoms with E-state index in [1.807, 2.05) is 6.07 Å². The Hall–Kier alpha value is -1.94. The molecule has 2 atom stereocenters. The van der Waals surface area contributed by atoms with Crippen molar-refractivity contribution in [1.82, 2.24) is 0 Å². The molecule has 0 heterocycles. The lowest BCUT2D eigenvalue weighted by atomic mass is 9.90. The van der Waals surface area contributed by atoms with Gasteiger partial charge in [0, 0.05) is 18.3 Å². The molecule has 0 aliphatic heterocycles. The van der Waals surface area contributed by atoms with Gasteiger partial charge in [0.25, 0.3) is 0 Å². The Labute approximate surface area is 131 Å². The third-order valence-electron chi connectivity index (χ3n) is 3.56. The number of ketones is 1. The van der Waals surface area contributed by atoms with E-state index in [9.17, 15) is 14.7 Å². The molecule has 0 radical (unpaired) electrons. The highest BCUT2D eigenvalue weighted by Crippen LogP contribution is 2.19. The highest BCUT2D eigenvalue weighted by molar-refractivity contribution is 5.90. The highest BCUT2D eigenvalue weighted by atomic mass is 16.5. The number of ether oxygens (including phenoxy) is 1. The van der Waals surface area contributed by atoms with Crippen LogP contribution in [0.5, 0.6) is 0 Å². The second-order valence-corrected chi connectivity index (χ2v) is 5.63. The van der Waals surface area contributed by atoms with Gasteiger partial charge in [-0.1, -0.05) is 39.0 Å². The Morgan fingerprint density at radius 3 is 2.27 bits per heavy atom. The fraction of sp³-hybridized carbons (Fsp3) is 0.444. The van der Waals surface area contributed by atoms with Crippen LogP contribution in [0.2, 0.25) is 0 Å². The zero-order valence-electron chi connectivity index (χ0n) is 13.6. The Kier molecular flexibility index (Phi) is 6.99. The van der Waals surface area contributed by atoms with Gasteiger partial charge < -0.3 is 9.84 Å². The molecule has 0 aromatic heterocycles. The highest BCUT2D eigenvalue weighted by Gasteiger charge is 2.25. The van der Waals surface area contributed by atoms with Gasteiger partial charge in [0.15, 0.2) is 0 Å². The maximum Gasteiger partial charge on any atom is 0.343 e. The minimum Gasteiger partial charge on any atom is -0.428 e. The Bertz CT molecular complexity index is 531. The van der Waals surface area contributed by atoms with E-state index in [1.54, 1.807) is 58.0 Å². The van der Waals surface area contributed by atoms with Crippen molar-refractivity contribution in [1.29, 1.82) is 0 Å². The molecular formula is C18H24O4. The van der Waals surface area contributed by atoms with Gasteiger partial charge >= 0.3 is 5.97 Å². The largest absolute Gasteiger partial charge is 0.428 e. The van der Waals surface area contributed by atoms with E-state index >= 15 is 0 Å². The summed E-state index contributed by atoms with van der Waals surface area (Å²) in [4.78, 5) is 23.9. The summed E-state index contributed by atoms with van der Waals surface area (Å²) < 4.78 is 5.30. The maximum atomic E-state index is 12.0. The Morgan fingerprint density at radius 2 is 1.77 bits per heavy atom. The number of Topliss-reactive ketones (excluding diaryl/α,β-unsaturated/α-hetero) is 1. The number of rotatable bonds is 7. The van der Waals surface area contributed by atoms with E-state index in [0.717, 1.165) is 0 Å². The van der Waals surface area contributed by atoms with Crippen molar-refractivity contribution in [3.63, 3.8) is 0 Å². The zero-order chi connectivity index (χ0) is 16.7. The molecule has 1 aromatic carbocycles. The van der Waals surface area contributed by atoms with Crippen LogP contribution in [0, 0.1) is 11.8 Å². The van der Waals surface area contributed by atoms with Gasteiger partial charge in [0.1, 0.15) is 11.5 Å². The standard InChI is InChI=1S/C18H24O4/c1-5-15(11-16(19)13(4)17(20)12(2)3)22-18(21)14-9-7-6-8-10-14/h5-10,12-13,16,19H,11H2,1-4H3/b15-5-/t13-,16+/m0/s1. The molecule has 4 heteroatoms. The van der Waals surface area contributed by atoms with Gasteiger partial charge in [-0.05, 0) is 25.1 Å². The smallest absolute Gasteiger partial charge is 0.343 e. The molecule has 0 bridgehead atoms. The number of carbonyl (C=O) groups is 2. The molecule has 0 saturated carbocycles. The minimum atomic E-state index is -0.871. The third kappa shape index (κ3) is 5.11. The van der Waals surface area contributed by atoms with Gasteiger partial charge in [-0.2, -0.15) is 0 Å². The molecule has 0 unspecified atom stereocenters. The van der Waals surface area contributed by atoms with Crippen molar-refractivity contribution in [2.24, 2.45) is 11.8 Å². The summed E-state index contributed by atoms with van der Waals surface area (Å²) in [6.45, 7) is 7.03. The molecule has 1 rings (SSSR count). The average Bonchev–Trinajstić information content (AvgIpc) is 2.53. The Balaban J connectivity index is 2.66. The van der Waals surface area contributed by atoms with Crippen molar-refractivity contribution in [3.8, 4) is 0 Å². The van der Waals surface area contributed by atoms with E-state index < -0.39 is 18.0 Å². The predicted octanol–water partition coefficient (Wildman–Crippen LogP) is 3.36. The fourth-order valence-electron chi connectivity index (χ4n) is 2.07. The number of aliphatic hydroxyl groups excluding tert-OH is 1. The lowest BCUT2D eigenvalue weighted by molar-refractivity contribution is -0.128. The number of hydrogen-bond donors (Lipinski definition) is 1. The van der Waals surface area contributed by atoms with Crippen LogP contribution in [-0.2, 0) is 9.53 Å². The number of benzene rings is 1. The van der Waals surface area contributed by atoms with Crippen LogP contribution in [0.4, 0.5) is 0 Å². The van der Waals surface area contributed by atoms with Crippen molar-refractivity contribution in [3.05, 3.63) is 47.7 Å². The molecule has 0 aliphatic carbocycles. The van der Waals surface area contributed by atoms with Crippen molar-refractivity contribution < 1.29 is 19.4 Å². The summed E-state index contributed by atoms with van der Waals surface area (Å²) in [7, 11) is 0. The minimum absolute atomic E-state index is 0.00246. The van der Waals surface area contributed by atoms with Gasteiger partial charge in [-0.15, -0.1) is 0 Å². The molecule has 0 saturated heterocycles. The van der Waals surface area contributed by atoms with E-state index in [4.69, 9.17) is 4.74 Å². The SMILES string of the molecule is C/C=C(/C[C@@H](O)[C@H](C)C(=O)C(C)C)OC(=O)c1ccccc1. The predicted molar refractivity (Wildman–Crippen MR) is 85.2 cm³/mol. The lowest BCUT2D eigenvalue weighted by Crippen LogP contribution is -2.29. The van der Waals surface area contributed by atoms with Gasteiger partial charge in [-0.3, -0.25) is 4.79 Å². The number of carbonyl (C=O) groups excluding carboxylic acids is 2. The van der Waals surface area contributed by atoms with Gasteiger partial charge in [-0.25, -0.2) is 4.79 Å². The first-order chi connectivity index (χ1) is 10.4. The summed E-state index contributed by atoms with van der Waals surface area (Å²) in [6, 6.07) is 8.65. The fourth-order valence-corrected chi connectivity index (χ4v) is 2.07. The molecule has 22 heavy (non-hydrogen) atoms. The van der Waals surface area contributed by atoms with Crippen LogP contribution < -0.4 is 0 Å². The quantitative estimate of drug-likeness (QED) is 0.620. The summed E-state index contributed by atoms with van der Waals surface area (Å²) in [5.74, 6) is -0.734. The molecule has 1 N–H and O–H groups in total. The van der Waals surface area contributed by atoms with Crippen LogP contribution in [0.25, 0.3) is 0 Å². The number of esters is 1. The molecule has 4 nitrogen and oxygen atoms in total. The number of aliphatic hydroxyl groups is 1. The summed E-state index contributed by atoms with van der Waals surface area (Å²) in [6.07, 6.45) is 0.899. The first-order valence-corrected chi connectivity index (χ1v) is 7.51. The van der Waals surface area contributed by atoms with Gasteiger partial charge in [0.05, 0.1) is 11.7 Å². The molecule has 0 fully saturated rings. The van der Waals surface area contributed by atoms with E-state index in [2.05, 4.69) is 0 Å². The van der Waals surface area contributed by atoms with Crippen LogP contribution in [0.15, 0.2) is 42.2 Å². The molecule has 120 valence electrons. The first-order valence-electron chi connectivity index (χ1n) is 7.51. The summed E-state index contributed by atoms with van der Waals surface area (Å²) >= 11 is 0. The van der Waals surface area contributed by atoms with Crippen LogP contribution >= 0.6 is 0 Å². The molecular weight excluding hydrogens is 280 g/mol. The number of allylic oxidation sites excluding steroid dienone is 1. The third-order valence-corrected chi connectivity index (χ3v) is 3.56. The van der Waals surface area contributed by atoms with Crippen LogP contribution in [0.3, 0.4) is 0 Å². The van der Waals surface area contributed by atoms with E-state index in [1.165, 1.54) is 0 Å². The van der Waals surface area contributed by atoms with Crippen LogP contribution in [-0.4, -0.2) is 23.0 Å². The Morgan fingerprint density at radius 1 is 1.18 bits per heavy atom. The molecule has 0 aliphatic rings. The average molecular weight is 304 g/mol. The van der Waals surface area contributed by atoms with Crippen molar-refractivity contribution in [2.75, 3.05) is 0 Å². The second kappa shape index (κ2) is 8.49. The molecule has 0 amide bonds. The van der Waals surface area contributed by atoms with Crippen molar-refractivity contribution in [2.45, 2.75) is 40.2 Å². The summed E-state index contributed by atoms with van der Waals surface area (Å²) in [5.41, 5.74) is 0.447. The van der Waals surface area contributed by atoms with Gasteiger partial charge in [0.2, 0.25) is 0 Å². The molecule has 1 aromatic rings. The lowest BCUT2D eigenvalue weighted by Gasteiger charge is -2.20. The second-order valence-electron chi connectivity index (χ2n) is 5.63. The summed E-state index contributed by atoms with van der Waals surface area (Å²) in [5, 5.41) is 10.2. The zero-order valence-corrected chi connectivity index (χ0v) is 13.6. The topological polar surface area (TPSA) is 63.6 Å². The first kappa shape index (κ1) is 18.1. The van der Waals surface area contributed by atoms with Crippen LogP contribution in [0.1, 0.15) is 44.5 Å². The van der Waals surface area contributed by atoms with Crippen molar-refractivity contribution >= 4 is 11.8 Å². The maximum absolute atomic E-state index is 12.0. The van der Waals surface area contributed by atoms with E-state index in [-0.39, 0.29) is 18.1 Å². The monoisotopic (exact) mass is 304 g/mol. The normalized spacial score (nSPS) is 14.5. The molecule has 0 spiro atoms. The number of hydrogen-bond acceptors (Lipinski definition) is 4.